The first kappa shape index (κ1) is 18.0. The van der Waals surface area contributed by atoms with E-state index in [0.29, 0.717) is 21.6 Å². The van der Waals surface area contributed by atoms with E-state index in [1.165, 1.54) is 46.9 Å². The summed E-state index contributed by atoms with van der Waals surface area (Å²) < 4.78 is 18.3. The van der Waals surface area contributed by atoms with Crippen molar-refractivity contribution in [1.29, 1.82) is 0 Å². The summed E-state index contributed by atoms with van der Waals surface area (Å²) in [5, 5.41) is 6.86. The standard InChI is InChI=1S/C16H13FN4O3S2/c17-9-1-3-11(4-2-9)24-6-14-20-12(8-25-14)15(23)21-16-19-10(7-26-16)5-13(18)22/h1-4,7-8H,5-6H2,(H2,18,22)(H,19,21,23). The van der Waals surface area contributed by atoms with Gasteiger partial charge >= 0.3 is 0 Å². The van der Waals surface area contributed by atoms with Gasteiger partial charge in [-0.1, -0.05) is 0 Å². The Kier molecular flexibility index (Phi) is 5.54. The molecule has 0 bridgehead atoms. The molecule has 7 nitrogen and oxygen atoms in total. The van der Waals surface area contributed by atoms with Crippen molar-refractivity contribution in [2.24, 2.45) is 5.73 Å². The first-order valence-electron chi connectivity index (χ1n) is 7.36. The van der Waals surface area contributed by atoms with E-state index in [0.717, 1.165) is 0 Å². The zero-order valence-corrected chi connectivity index (χ0v) is 14.9. The van der Waals surface area contributed by atoms with E-state index in [9.17, 15) is 14.0 Å². The molecule has 3 N–H and O–H groups in total. The summed E-state index contributed by atoms with van der Waals surface area (Å²) in [6, 6.07) is 5.64. The summed E-state index contributed by atoms with van der Waals surface area (Å²) >= 11 is 2.47. The van der Waals surface area contributed by atoms with Crippen molar-refractivity contribution in [1.82, 2.24) is 9.97 Å². The number of nitrogens with two attached hydrogens (primary N) is 1. The number of aromatic nitrogens is 2. The normalized spacial score (nSPS) is 10.5. The third kappa shape index (κ3) is 4.83. The smallest absolute Gasteiger partial charge is 0.276 e. The molecule has 0 fully saturated rings. The fraction of sp³-hybridized carbons (Fsp3) is 0.125. The molecule has 0 radical (unpaired) electrons. The molecule has 2 aromatic heterocycles. The van der Waals surface area contributed by atoms with E-state index in [-0.39, 0.29) is 24.5 Å². The van der Waals surface area contributed by atoms with Crippen LogP contribution >= 0.6 is 22.7 Å². The lowest BCUT2D eigenvalue weighted by Gasteiger charge is -2.03. The Morgan fingerprint density at radius 2 is 1.92 bits per heavy atom. The van der Waals surface area contributed by atoms with E-state index < -0.39 is 11.8 Å². The number of amides is 2. The van der Waals surface area contributed by atoms with Gasteiger partial charge in [0.1, 0.15) is 28.9 Å². The van der Waals surface area contributed by atoms with E-state index in [1.54, 1.807) is 10.8 Å². The maximum Gasteiger partial charge on any atom is 0.276 e. The van der Waals surface area contributed by atoms with Crippen molar-refractivity contribution >= 4 is 39.6 Å². The van der Waals surface area contributed by atoms with Crippen LogP contribution in [0.1, 0.15) is 21.2 Å². The molecular weight excluding hydrogens is 379 g/mol. The fourth-order valence-corrected chi connectivity index (χ4v) is 3.33. The largest absolute Gasteiger partial charge is 0.486 e. The zero-order chi connectivity index (χ0) is 18.5. The molecule has 0 unspecified atom stereocenters. The second-order valence-corrected chi connectivity index (χ2v) is 6.91. The van der Waals surface area contributed by atoms with E-state index in [1.807, 2.05) is 0 Å². The molecule has 1 aromatic carbocycles. The van der Waals surface area contributed by atoms with Gasteiger partial charge in [-0.2, -0.15) is 0 Å². The Hall–Kier alpha value is -2.85. The first-order chi connectivity index (χ1) is 12.5. The highest BCUT2D eigenvalue weighted by Crippen LogP contribution is 2.19. The number of primary amides is 1. The van der Waals surface area contributed by atoms with Crippen LogP contribution in [-0.2, 0) is 17.8 Å². The van der Waals surface area contributed by atoms with Gasteiger partial charge in [0, 0.05) is 10.8 Å². The van der Waals surface area contributed by atoms with Crippen LogP contribution in [0.15, 0.2) is 35.0 Å². The van der Waals surface area contributed by atoms with Gasteiger partial charge in [0.25, 0.3) is 5.91 Å². The van der Waals surface area contributed by atoms with Crippen LogP contribution in [-0.4, -0.2) is 21.8 Å². The molecule has 0 aliphatic carbocycles. The minimum atomic E-state index is -0.488. The lowest BCUT2D eigenvalue weighted by Crippen LogP contribution is -2.15. The van der Waals surface area contributed by atoms with Gasteiger partial charge in [0.15, 0.2) is 5.13 Å². The van der Waals surface area contributed by atoms with Crippen molar-refractivity contribution in [3.05, 3.63) is 57.2 Å². The number of halogens is 1. The summed E-state index contributed by atoms with van der Waals surface area (Å²) in [5.74, 6) is -0.725. The van der Waals surface area contributed by atoms with Gasteiger partial charge in [-0.15, -0.1) is 22.7 Å². The number of thiazole rings is 2. The summed E-state index contributed by atoms with van der Waals surface area (Å²) in [4.78, 5) is 31.4. The number of benzene rings is 1. The van der Waals surface area contributed by atoms with Crippen molar-refractivity contribution in [3.63, 3.8) is 0 Å². The van der Waals surface area contributed by atoms with Crippen molar-refractivity contribution in [3.8, 4) is 5.75 Å². The molecule has 26 heavy (non-hydrogen) atoms. The van der Waals surface area contributed by atoms with Crippen LogP contribution in [0, 0.1) is 5.82 Å². The van der Waals surface area contributed by atoms with Crippen molar-refractivity contribution in [2.45, 2.75) is 13.0 Å². The monoisotopic (exact) mass is 392 g/mol. The number of carbonyl (C=O) groups is 2. The number of anilines is 1. The highest BCUT2D eigenvalue weighted by Gasteiger charge is 2.14. The molecule has 0 aliphatic heterocycles. The Balaban J connectivity index is 1.56. The van der Waals surface area contributed by atoms with Crippen LogP contribution in [0.3, 0.4) is 0 Å². The van der Waals surface area contributed by atoms with Gasteiger partial charge in [-0.3, -0.25) is 14.9 Å². The minimum Gasteiger partial charge on any atom is -0.486 e. The molecule has 2 heterocycles. The van der Waals surface area contributed by atoms with Crippen LogP contribution in [0.4, 0.5) is 9.52 Å². The van der Waals surface area contributed by atoms with Gasteiger partial charge in [-0.05, 0) is 24.3 Å². The molecule has 3 aromatic rings. The van der Waals surface area contributed by atoms with Crippen LogP contribution < -0.4 is 15.8 Å². The van der Waals surface area contributed by atoms with Crippen LogP contribution in [0.2, 0.25) is 0 Å². The Morgan fingerprint density at radius 1 is 1.15 bits per heavy atom. The minimum absolute atomic E-state index is 0.0218. The van der Waals surface area contributed by atoms with Gasteiger partial charge in [-0.25, -0.2) is 14.4 Å². The van der Waals surface area contributed by atoms with Crippen LogP contribution in [0.25, 0.3) is 0 Å². The molecule has 2 amide bonds. The number of hydrogen-bond acceptors (Lipinski definition) is 7. The van der Waals surface area contributed by atoms with Crippen molar-refractivity contribution < 1.29 is 18.7 Å². The number of carbonyl (C=O) groups excluding carboxylic acids is 2. The number of ether oxygens (including phenoxy) is 1. The molecule has 0 saturated carbocycles. The predicted octanol–water partition coefficient (Wildman–Crippen LogP) is 2.60. The average molecular weight is 392 g/mol. The molecule has 134 valence electrons. The lowest BCUT2D eigenvalue weighted by molar-refractivity contribution is -0.117. The van der Waals surface area contributed by atoms with Gasteiger partial charge < -0.3 is 10.5 Å². The maximum atomic E-state index is 12.8. The Bertz CT molecular complexity index is 924. The quantitative estimate of drug-likeness (QED) is 0.643. The first-order valence-corrected chi connectivity index (χ1v) is 9.12. The molecule has 3 rings (SSSR count). The summed E-state index contributed by atoms with van der Waals surface area (Å²) in [7, 11) is 0. The molecule has 0 aliphatic rings. The zero-order valence-electron chi connectivity index (χ0n) is 13.3. The number of nitrogens with zero attached hydrogens (tertiary/aromatic N) is 2. The summed E-state index contributed by atoms with van der Waals surface area (Å²) in [5.41, 5.74) is 5.85. The highest BCUT2D eigenvalue weighted by molar-refractivity contribution is 7.14. The average Bonchev–Trinajstić information content (AvgIpc) is 3.23. The van der Waals surface area contributed by atoms with E-state index >= 15 is 0 Å². The molecule has 0 atom stereocenters. The van der Waals surface area contributed by atoms with Crippen LogP contribution in [0.5, 0.6) is 5.75 Å². The second kappa shape index (κ2) is 8.02. The van der Waals surface area contributed by atoms with Gasteiger partial charge in [0.2, 0.25) is 5.91 Å². The molecular formula is C16H13FN4O3S2. The topological polar surface area (TPSA) is 107 Å². The fourth-order valence-electron chi connectivity index (χ4n) is 1.94. The SMILES string of the molecule is NC(=O)Cc1csc(NC(=O)c2csc(COc3ccc(F)cc3)n2)n1. The third-order valence-corrected chi connectivity index (χ3v) is 4.72. The second-order valence-electron chi connectivity index (χ2n) is 5.11. The lowest BCUT2D eigenvalue weighted by atomic mass is 10.3. The van der Waals surface area contributed by atoms with E-state index in [2.05, 4.69) is 15.3 Å². The number of rotatable bonds is 7. The third-order valence-electron chi connectivity index (χ3n) is 3.09. The number of hydrogen-bond donors (Lipinski definition) is 2. The predicted molar refractivity (Wildman–Crippen MR) is 95.8 cm³/mol. The Morgan fingerprint density at radius 3 is 2.65 bits per heavy atom. The highest BCUT2D eigenvalue weighted by atomic mass is 32.1. The van der Waals surface area contributed by atoms with Gasteiger partial charge in [0.05, 0.1) is 12.1 Å². The molecule has 0 spiro atoms. The van der Waals surface area contributed by atoms with E-state index in [4.69, 9.17) is 10.5 Å². The molecule has 0 saturated heterocycles. The van der Waals surface area contributed by atoms with Crippen molar-refractivity contribution in [2.75, 3.05) is 5.32 Å². The Labute approximate surface area is 155 Å². The number of nitrogens with one attached hydrogen (secondary N) is 1. The summed E-state index contributed by atoms with van der Waals surface area (Å²) in [6.07, 6.45) is 0.0218. The summed E-state index contributed by atoms with van der Waals surface area (Å²) in [6.45, 7) is 0.170. The maximum absolute atomic E-state index is 12.8. The molecule has 10 heteroatoms.